The highest BCUT2D eigenvalue weighted by Crippen LogP contribution is 2.28. The minimum Gasteiger partial charge on any atom is -0.398 e. The lowest BCUT2D eigenvalue weighted by molar-refractivity contribution is 0.588. The Morgan fingerprint density at radius 3 is 2.45 bits per heavy atom. The van der Waals surface area contributed by atoms with Gasteiger partial charge in [0.2, 0.25) is 10.0 Å². The standard InChI is InChI=1S/C13H14ClN3O2S/c1-16-20(18,19)13-7-6-9(8-11(13)15)17-12-5-3-2-4-10(12)14/h2-8,16-17H,15H2,1H3. The highest BCUT2D eigenvalue weighted by molar-refractivity contribution is 7.89. The summed E-state index contributed by atoms with van der Waals surface area (Å²) in [6.07, 6.45) is 0. The molecular formula is C13H14ClN3O2S. The van der Waals surface area contributed by atoms with Crippen LogP contribution in [0.3, 0.4) is 0 Å². The average Bonchev–Trinajstić information content (AvgIpc) is 2.41. The fourth-order valence-electron chi connectivity index (χ4n) is 1.70. The van der Waals surface area contributed by atoms with E-state index in [1.165, 1.54) is 13.1 Å². The second-order valence-corrected chi connectivity index (χ2v) is 6.33. The lowest BCUT2D eigenvalue weighted by Crippen LogP contribution is -2.19. The fraction of sp³-hybridized carbons (Fsp3) is 0.0769. The van der Waals surface area contributed by atoms with Crippen LogP contribution in [-0.4, -0.2) is 15.5 Å². The summed E-state index contributed by atoms with van der Waals surface area (Å²) < 4.78 is 25.7. The summed E-state index contributed by atoms with van der Waals surface area (Å²) in [7, 11) is -2.22. The number of sulfonamides is 1. The lowest BCUT2D eigenvalue weighted by atomic mass is 10.2. The molecule has 20 heavy (non-hydrogen) atoms. The number of para-hydroxylation sites is 1. The quantitative estimate of drug-likeness (QED) is 0.758. The van der Waals surface area contributed by atoms with E-state index >= 15 is 0 Å². The van der Waals surface area contributed by atoms with Gasteiger partial charge in [-0.25, -0.2) is 13.1 Å². The van der Waals surface area contributed by atoms with Gasteiger partial charge >= 0.3 is 0 Å². The van der Waals surface area contributed by atoms with Crippen molar-refractivity contribution in [3.63, 3.8) is 0 Å². The maximum atomic E-state index is 11.7. The van der Waals surface area contributed by atoms with Crippen LogP contribution in [0.5, 0.6) is 0 Å². The molecule has 0 unspecified atom stereocenters. The summed E-state index contributed by atoms with van der Waals surface area (Å²) in [5, 5.41) is 3.65. The second-order valence-electron chi connectivity index (χ2n) is 4.07. The van der Waals surface area contributed by atoms with Gasteiger partial charge in [0, 0.05) is 5.69 Å². The summed E-state index contributed by atoms with van der Waals surface area (Å²) in [6.45, 7) is 0. The van der Waals surface area contributed by atoms with Crippen LogP contribution in [0, 0.1) is 0 Å². The van der Waals surface area contributed by atoms with Gasteiger partial charge in [-0.3, -0.25) is 0 Å². The molecule has 0 aliphatic heterocycles. The Kier molecular flexibility index (Phi) is 4.17. The van der Waals surface area contributed by atoms with Gasteiger partial charge in [0.05, 0.1) is 16.4 Å². The van der Waals surface area contributed by atoms with Gasteiger partial charge < -0.3 is 11.1 Å². The highest BCUT2D eigenvalue weighted by atomic mass is 35.5. The van der Waals surface area contributed by atoms with E-state index in [2.05, 4.69) is 10.0 Å². The van der Waals surface area contributed by atoms with Crippen LogP contribution < -0.4 is 15.8 Å². The zero-order valence-corrected chi connectivity index (χ0v) is 12.3. The van der Waals surface area contributed by atoms with Crippen LogP contribution in [0.2, 0.25) is 5.02 Å². The van der Waals surface area contributed by atoms with Crippen LogP contribution in [0.25, 0.3) is 0 Å². The van der Waals surface area contributed by atoms with Gasteiger partial charge in [0.15, 0.2) is 0 Å². The number of anilines is 3. The molecule has 0 radical (unpaired) electrons. The molecule has 0 spiro atoms. The SMILES string of the molecule is CNS(=O)(=O)c1ccc(Nc2ccccc2Cl)cc1N. The van der Waals surface area contributed by atoms with E-state index in [1.807, 2.05) is 18.2 Å². The van der Waals surface area contributed by atoms with Gasteiger partial charge in [0.1, 0.15) is 4.90 Å². The van der Waals surface area contributed by atoms with Gasteiger partial charge in [-0.15, -0.1) is 0 Å². The number of hydrogen-bond acceptors (Lipinski definition) is 4. The number of nitrogens with one attached hydrogen (secondary N) is 2. The largest absolute Gasteiger partial charge is 0.398 e. The van der Waals surface area contributed by atoms with Crippen LogP contribution in [0.15, 0.2) is 47.4 Å². The summed E-state index contributed by atoms with van der Waals surface area (Å²) >= 11 is 6.04. The van der Waals surface area contributed by atoms with Crippen LogP contribution in [0.4, 0.5) is 17.1 Å². The van der Waals surface area contributed by atoms with Crippen molar-refractivity contribution < 1.29 is 8.42 Å². The minimum absolute atomic E-state index is 0.0460. The van der Waals surface area contributed by atoms with E-state index in [9.17, 15) is 8.42 Å². The first-order valence-electron chi connectivity index (χ1n) is 5.78. The van der Waals surface area contributed by atoms with Gasteiger partial charge in [-0.2, -0.15) is 0 Å². The Bertz CT molecular complexity index is 732. The molecule has 106 valence electrons. The maximum Gasteiger partial charge on any atom is 0.242 e. The smallest absolute Gasteiger partial charge is 0.242 e. The van der Waals surface area contributed by atoms with Crippen molar-refractivity contribution in [1.29, 1.82) is 0 Å². The summed E-state index contributed by atoms with van der Waals surface area (Å²) in [5.41, 5.74) is 7.32. The molecular weight excluding hydrogens is 298 g/mol. The number of hydrogen-bond donors (Lipinski definition) is 3. The van der Waals surface area contributed by atoms with Gasteiger partial charge in [0.25, 0.3) is 0 Å². The van der Waals surface area contributed by atoms with E-state index < -0.39 is 10.0 Å². The van der Waals surface area contributed by atoms with Crippen molar-refractivity contribution >= 4 is 38.7 Å². The zero-order valence-electron chi connectivity index (χ0n) is 10.7. The molecule has 0 heterocycles. The molecule has 0 bridgehead atoms. The summed E-state index contributed by atoms with van der Waals surface area (Å²) in [5.74, 6) is 0. The lowest BCUT2D eigenvalue weighted by Gasteiger charge is -2.11. The number of halogens is 1. The molecule has 7 heteroatoms. The molecule has 5 nitrogen and oxygen atoms in total. The number of benzene rings is 2. The van der Waals surface area contributed by atoms with Crippen molar-refractivity contribution in [3.8, 4) is 0 Å². The third-order valence-corrected chi connectivity index (χ3v) is 4.54. The third-order valence-electron chi connectivity index (χ3n) is 2.72. The molecule has 0 amide bonds. The van der Waals surface area contributed by atoms with Crippen molar-refractivity contribution in [1.82, 2.24) is 4.72 Å². The first kappa shape index (κ1) is 14.6. The Morgan fingerprint density at radius 2 is 1.85 bits per heavy atom. The molecule has 2 aromatic carbocycles. The van der Waals surface area contributed by atoms with E-state index in [4.69, 9.17) is 17.3 Å². The Balaban J connectivity index is 2.33. The van der Waals surface area contributed by atoms with E-state index in [0.29, 0.717) is 10.7 Å². The maximum absolute atomic E-state index is 11.7. The topological polar surface area (TPSA) is 84.2 Å². The number of rotatable bonds is 4. The molecule has 0 aliphatic rings. The molecule has 0 saturated carbocycles. The molecule has 2 rings (SSSR count). The Hall–Kier alpha value is -1.76. The highest BCUT2D eigenvalue weighted by Gasteiger charge is 2.15. The molecule has 2 aromatic rings. The molecule has 0 aromatic heterocycles. The molecule has 0 aliphatic carbocycles. The van der Waals surface area contributed by atoms with Crippen molar-refractivity contribution in [2.75, 3.05) is 18.1 Å². The zero-order chi connectivity index (χ0) is 14.8. The predicted octanol–water partition coefficient (Wildman–Crippen LogP) is 2.57. The molecule has 0 saturated heterocycles. The van der Waals surface area contributed by atoms with Crippen LogP contribution in [-0.2, 0) is 10.0 Å². The predicted molar refractivity (Wildman–Crippen MR) is 81.8 cm³/mol. The molecule has 4 N–H and O–H groups in total. The number of nitrogens with two attached hydrogens (primary N) is 1. The van der Waals surface area contributed by atoms with Crippen molar-refractivity contribution in [2.45, 2.75) is 4.90 Å². The van der Waals surface area contributed by atoms with Crippen molar-refractivity contribution in [3.05, 3.63) is 47.5 Å². The second kappa shape index (κ2) is 5.70. The van der Waals surface area contributed by atoms with Crippen molar-refractivity contribution in [2.24, 2.45) is 0 Å². The normalized spacial score (nSPS) is 11.3. The first-order chi connectivity index (χ1) is 9.44. The molecule has 0 fully saturated rings. The van der Waals surface area contributed by atoms with Gasteiger partial charge in [-0.05, 0) is 37.4 Å². The third kappa shape index (κ3) is 3.04. The first-order valence-corrected chi connectivity index (χ1v) is 7.65. The number of nitrogen functional groups attached to an aromatic ring is 1. The van der Waals surface area contributed by atoms with Crippen LogP contribution >= 0.6 is 11.6 Å². The van der Waals surface area contributed by atoms with Crippen LogP contribution in [0.1, 0.15) is 0 Å². The minimum atomic E-state index is -3.56. The van der Waals surface area contributed by atoms with E-state index in [1.54, 1.807) is 18.2 Å². The summed E-state index contributed by atoms with van der Waals surface area (Å²) in [4.78, 5) is 0.0460. The van der Waals surface area contributed by atoms with E-state index in [0.717, 1.165) is 5.69 Å². The van der Waals surface area contributed by atoms with Gasteiger partial charge in [-0.1, -0.05) is 23.7 Å². The summed E-state index contributed by atoms with van der Waals surface area (Å²) in [6, 6.07) is 11.9. The fourth-order valence-corrected chi connectivity index (χ4v) is 2.72. The Labute approximate surface area is 122 Å². The van der Waals surface area contributed by atoms with E-state index in [-0.39, 0.29) is 10.6 Å². The average molecular weight is 312 g/mol. The molecule has 0 atom stereocenters. The monoisotopic (exact) mass is 311 g/mol. The Morgan fingerprint density at radius 1 is 1.15 bits per heavy atom.